The van der Waals surface area contributed by atoms with Crippen molar-refractivity contribution < 1.29 is 0 Å². The van der Waals surface area contributed by atoms with Crippen molar-refractivity contribution in [2.75, 3.05) is 19.6 Å². The van der Waals surface area contributed by atoms with Crippen LogP contribution in [0.5, 0.6) is 0 Å². The standard InChI is InChI=1S/C11H21N3/c12-11(13)5-2-6-14-7-9-3-1-4-10(9)8-14/h9-10H,1-8H2,(H3,12,13). The Morgan fingerprint density at radius 2 is 1.93 bits per heavy atom. The first kappa shape index (κ1) is 9.97. The van der Waals surface area contributed by atoms with Gasteiger partial charge in [0.05, 0.1) is 5.84 Å². The maximum absolute atomic E-state index is 7.15. The molecule has 2 unspecified atom stereocenters. The normalized spacial score (nSPS) is 32.0. The molecule has 1 saturated heterocycles. The van der Waals surface area contributed by atoms with Crippen LogP contribution in [0.4, 0.5) is 0 Å². The highest BCUT2D eigenvalue weighted by Crippen LogP contribution is 2.37. The van der Waals surface area contributed by atoms with Gasteiger partial charge in [0.25, 0.3) is 0 Å². The number of rotatable bonds is 4. The lowest BCUT2D eigenvalue weighted by Gasteiger charge is -2.15. The summed E-state index contributed by atoms with van der Waals surface area (Å²) in [5.41, 5.74) is 5.33. The molecule has 3 N–H and O–H groups in total. The van der Waals surface area contributed by atoms with Crippen LogP contribution in [0.15, 0.2) is 0 Å². The molecule has 0 aromatic heterocycles. The third kappa shape index (κ3) is 2.27. The third-order valence-electron chi connectivity index (χ3n) is 3.72. The van der Waals surface area contributed by atoms with Crippen LogP contribution >= 0.6 is 0 Å². The average Bonchev–Trinajstić information content (AvgIpc) is 2.62. The van der Waals surface area contributed by atoms with Crippen LogP contribution in [0.25, 0.3) is 0 Å². The van der Waals surface area contributed by atoms with Gasteiger partial charge in [0, 0.05) is 19.5 Å². The second-order valence-corrected chi connectivity index (χ2v) is 4.84. The van der Waals surface area contributed by atoms with E-state index < -0.39 is 0 Å². The molecule has 3 nitrogen and oxygen atoms in total. The number of amidine groups is 1. The van der Waals surface area contributed by atoms with Crippen LogP contribution in [-0.4, -0.2) is 30.4 Å². The summed E-state index contributed by atoms with van der Waals surface area (Å²) in [4.78, 5) is 2.57. The van der Waals surface area contributed by atoms with Crippen molar-refractivity contribution in [1.29, 1.82) is 5.41 Å². The highest BCUT2D eigenvalue weighted by Gasteiger charge is 2.35. The molecule has 2 atom stereocenters. The molecule has 2 aliphatic rings. The van der Waals surface area contributed by atoms with Crippen LogP contribution in [0, 0.1) is 17.2 Å². The molecule has 1 heterocycles. The van der Waals surface area contributed by atoms with E-state index in [9.17, 15) is 0 Å². The fourth-order valence-electron chi connectivity index (χ4n) is 3.01. The number of nitrogens with zero attached hydrogens (tertiary/aromatic N) is 1. The quantitative estimate of drug-likeness (QED) is 0.527. The van der Waals surface area contributed by atoms with Crippen molar-refractivity contribution in [3.63, 3.8) is 0 Å². The van der Waals surface area contributed by atoms with Crippen LogP contribution in [0.3, 0.4) is 0 Å². The van der Waals surface area contributed by atoms with E-state index in [4.69, 9.17) is 11.1 Å². The van der Waals surface area contributed by atoms with Crippen molar-refractivity contribution in [1.82, 2.24) is 4.90 Å². The monoisotopic (exact) mass is 195 g/mol. The first-order valence-electron chi connectivity index (χ1n) is 5.81. The van der Waals surface area contributed by atoms with Gasteiger partial charge in [-0.05, 0) is 37.6 Å². The number of nitrogens with two attached hydrogens (primary N) is 1. The second-order valence-electron chi connectivity index (χ2n) is 4.84. The second kappa shape index (κ2) is 4.30. The van der Waals surface area contributed by atoms with Gasteiger partial charge in [0.2, 0.25) is 0 Å². The Balaban J connectivity index is 1.66. The highest BCUT2D eigenvalue weighted by atomic mass is 15.2. The van der Waals surface area contributed by atoms with Gasteiger partial charge < -0.3 is 10.6 Å². The molecule has 0 aromatic carbocycles. The molecule has 14 heavy (non-hydrogen) atoms. The molecule has 0 aromatic rings. The van der Waals surface area contributed by atoms with E-state index in [1.165, 1.54) is 32.4 Å². The SMILES string of the molecule is N=C(N)CCCN1CC2CCCC2C1. The Kier molecular flexibility index (Phi) is 3.06. The summed E-state index contributed by atoms with van der Waals surface area (Å²) in [6.07, 6.45) is 6.19. The van der Waals surface area contributed by atoms with Crippen LogP contribution < -0.4 is 5.73 Å². The largest absolute Gasteiger partial charge is 0.388 e. The molecule has 1 aliphatic heterocycles. The molecule has 1 saturated carbocycles. The first-order chi connectivity index (χ1) is 6.75. The van der Waals surface area contributed by atoms with E-state index in [0.29, 0.717) is 5.84 Å². The molecule has 0 radical (unpaired) electrons. The Morgan fingerprint density at radius 3 is 2.50 bits per heavy atom. The Bertz CT molecular complexity index is 203. The van der Waals surface area contributed by atoms with Crippen molar-refractivity contribution in [3.8, 4) is 0 Å². The van der Waals surface area contributed by atoms with Gasteiger partial charge >= 0.3 is 0 Å². The van der Waals surface area contributed by atoms with Gasteiger partial charge in [-0.3, -0.25) is 5.41 Å². The molecule has 0 spiro atoms. The molecule has 2 rings (SSSR count). The zero-order valence-electron chi connectivity index (χ0n) is 8.84. The van der Waals surface area contributed by atoms with Gasteiger partial charge in [-0.1, -0.05) is 6.42 Å². The van der Waals surface area contributed by atoms with E-state index in [1.54, 1.807) is 0 Å². The van der Waals surface area contributed by atoms with Gasteiger partial charge in [-0.2, -0.15) is 0 Å². The van der Waals surface area contributed by atoms with Gasteiger partial charge in [-0.25, -0.2) is 0 Å². The fourth-order valence-corrected chi connectivity index (χ4v) is 3.01. The number of hydrogen-bond donors (Lipinski definition) is 2. The number of hydrogen-bond acceptors (Lipinski definition) is 2. The van der Waals surface area contributed by atoms with Crippen LogP contribution in [0.2, 0.25) is 0 Å². The Morgan fingerprint density at radius 1 is 1.29 bits per heavy atom. The molecule has 0 bridgehead atoms. The Labute approximate surface area is 86.2 Å². The lowest BCUT2D eigenvalue weighted by Crippen LogP contribution is -2.24. The van der Waals surface area contributed by atoms with E-state index in [2.05, 4.69) is 4.90 Å². The lowest BCUT2D eigenvalue weighted by atomic mass is 10.0. The summed E-state index contributed by atoms with van der Waals surface area (Å²) >= 11 is 0. The number of fused-ring (bicyclic) bond motifs is 1. The summed E-state index contributed by atoms with van der Waals surface area (Å²) < 4.78 is 0. The van der Waals surface area contributed by atoms with Crippen molar-refractivity contribution in [2.45, 2.75) is 32.1 Å². The predicted octanol–water partition coefficient (Wildman–Crippen LogP) is 1.43. The molecule has 0 amide bonds. The zero-order chi connectivity index (χ0) is 9.97. The summed E-state index contributed by atoms with van der Waals surface area (Å²) in [6, 6.07) is 0. The van der Waals surface area contributed by atoms with Gasteiger partial charge in [0.15, 0.2) is 0 Å². The summed E-state index contributed by atoms with van der Waals surface area (Å²) in [6.45, 7) is 3.76. The average molecular weight is 195 g/mol. The molecule has 1 aliphatic carbocycles. The molecule has 2 fully saturated rings. The van der Waals surface area contributed by atoms with E-state index in [0.717, 1.165) is 31.2 Å². The van der Waals surface area contributed by atoms with Crippen LogP contribution in [0.1, 0.15) is 32.1 Å². The minimum atomic E-state index is 0.337. The Hall–Kier alpha value is -0.570. The molecule has 80 valence electrons. The maximum Gasteiger partial charge on any atom is 0.0905 e. The summed E-state index contributed by atoms with van der Waals surface area (Å²) in [7, 11) is 0. The summed E-state index contributed by atoms with van der Waals surface area (Å²) in [5, 5.41) is 7.15. The first-order valence-corrected chi connectivity index (χ1v) is 5.81. The number of likely N-dealkylation sites (tertiary alicyclic amines) is 1. The summed E-state index contributed by atoms with van der Waals surface area (Å²) in [5.74, 6) is 2.32. The van der Waals surface area contributed by atoms with E-state index in [-0.39, 0.29) is 0 Å². The minimum absolute atomic E-state index is 0.337. The van der Waals surface area contributed by atoms with Crippen molar-refractivity contribution >= 4 is 5.84 Å². The van der Waals surface area contributed by atoms with Crippen LogP contribution in [-0.2, 0) is 0 Å². The molecule has 3 heteroatoms. The zero-order valence-corrected chi connectivity index (χ0v) is 8.84. The van der Waals surface area contributed by atoms with Gasteiger partial charge in [0.1, 0.15) is 0 Å². The molecular weight excluding hydrogens is 174 g/mol. The lowest BCUT2D eigenvalue weighted by molar-refractivity contribution is 0.309. The fraction of sp³-hybridized carbons (Fsp3) is 0.909. The predicted molar refractivity (Wildman–Crippen MR) is 58.4 cm³/mol. The third-order valence-corrected chi connectivity index (χ3v) is 3.72. The molecular formula is C11H21N3. The number of nitrogens with one attached hydrogen (secondary N) is 1. The minimum Gasteiger partial charge on any atom is -0.388 e. The van der Waals surface area contributed by atoms with Gasteiger partial charge in [-0.15, -0.1) is 0 Å². The van der Waals surface area contributed by atoms with Crippen molar-refractivity contribution in [3.05, 3.63) is 0 Å². The smallest absolute Gasteiger partial charge is 0.0905 e. The highest BCUT2D eigenvalue weighted by molar-refractivity contribution is 5.76. The topological polar surface area (TPSA) is 53.1 Å². The van der Waals surface area contributed by atoms with E-state index in [1.807, 2.05) is 0 Å². The van der Waals surface area contributed by atoms with Crippen molar-refractivity contribution in [2.24, 2.45) is 17.6 Å². The van der Waals surface area contributed by atoms with E-state index >= 15 is 0 Å². The maximum atomic E-state index is 7.15.